The van der Waals surface area contributed by atoms with Crippen molar-refractivity contribution in [3.05, 3.63) is 23.5 Å². The molecule has 0 amide bonds. The summed E-state index contributed by atoms with van der Waals surface area (Å²) >= 11 is 0. The molecule has 0 aromatic carbocycles. The molecule has 102 valence electrons. The summed E-state index contributed by atoms with van der Waals surface area (Å²) < 4.78 is 5.64. The lowest BCUT2D eigenvalue weighted by Gasteiger charge is -2.19. The van der Waals surface area contributed by atoms with Gasteiger partial charge in [0.25, 0.3) is 0 Å². The van der Waals surface area contributed by atoms with E-state index in [0.717, 1.165) is 17.1 Å². The number of aryl methyl sites for hydroxylation is 1. The van der Waals surface area contributed by atoms with Gasteiger partial charge in [0.05, 0.1) is 11.3 Å². The second-order valence-corrected chi connectivity index (χ2v) is 5.53. The van der Waals surface area contributed by atoms with Crippen LogP contribution in [0.5, 0.6) is 5.75 Å². The number of aromatic nitrogens is 1. The minimum absolute atomic E-state index is 0.256. The van der Waals surface area contributed by atoms with Crippen LogP contribution < -0.4 is 10.1 Å². The van der Waals surface area contributed by atoms with Crippen LogP contribution in [0.3, 0.4) is 0 Å². The van der Waals surface area contributed by atoms with Crippen LogP contribution in [-0.4, -0.2) is 28.3 Å². The van der Waals surface area contributed by atoms with Crippen molar-refractivity contribution in [2.45, 2.75) is 52.8 Å². The molecule has 0 spiro atoms. The van der Waals surface area contributed by atoms with Crippen molar-refractivity contribution in [2.24, 2.45) is 0 Å². The van der Waals surface area contributed by atoms with Crippen LogP contribution in [-0.2, 0) is 6.54 Å². The highest BCUT2D eigenvalue weighted by molar-refractivity contribution is 5.29. The Hall–Kier alpha value is -1.13. The van der Waals surface area contributed by atoms with E-state index in [1.807, 2.05) is 19.1 Å². The molecule has 0 atom stereocenters. The molecule has 0 unspecified atom stereocenters. The van der Waals surface area contributed by atoms with Gasteiger partial charge in [0.2, 0.25) is 0 Å². The molecule has 0 aliphatic carbocycles. The van der Waals surface area contributed by atoms with Crippen LogP contribution in [0.4, 0.5) is 0 Å². The molecule has 2 N–H and O–H groups in total. The van der Waals surface area contributed by atoms with E-state index in [1.165, 1.54) is 0 Å². The van der Waals surface area contributed by atoms with Crippen molar-refractivity contribution in [1.82, 2.24) is 10.3 Å². The average Bonchev–Trinajstić information content (AvgIpc) is 2.23. The van der Waals surface area contributed by atoms with Crippen LogP contribution >= 0.6 is 0 Å². The Balaban J connectivity index is 2.76. The van der Waals surface area contributed by atoms with E-state index < -0.39 is 5.60 Å². The zero-order chi connectivity index (χ0) is 13.8. The first kappa shape index (κ1) is 14.9. The maximum Gasteiger partial charge on any atom is 0.142 e. The smallest absolute Gasteiger partial charge is 0.142 e. The minimum Gasteiger partial charge on any atom is -0.489 e. The first-order valence-corrected chi connectivity index (χ1v) is 6.33. The maximum absolute atomic E-state index is 9.68. The summed E-state index contributed by atoms with van der Waals surface area (Å²) in [4.78, 5) is 4.48. The highest BCUT2D eigenvalue weighted by atomic mass is 16.5. The van der Waals surface area contributed by atoms with Crippen LogP contribution in [0.15, 0.2) is 12.1 Å². The van der Waals surface area contributed by atoms with Gasteiger partial charge in [0, 0.05) is 18.3 Å². The SMILES string of the molecule is Cc1ccc(OCC(C)(C)O)c(CNC(C)C)n1. The molecule has 0 saturated heterocycles. The normalized spacial score (nSPS) is 11.9. The van der Waals surface area contributed by atoms with Gasteiger partial charge in [0.15, 0.2) is 0 Å². The third-order valence-corrected chi connectivity index (χ3v) is 2.33. The Morgan fingerprint density at radius 3 is 2.61 bits per heavy atom. The van der Waals surface area contributed by atoms with Gasteiger partial charge in [-0.1, -0.05) is 13.8 Å². The third kappa shape index (κ3) is 5.47. The van der Waals surface area contributed by atoms with Crippen LogP contribution in [0.25, 0.3) is 0 Å². The summed E-state index contributed by atoms with van der Waals surface area (Å²) in [5.74, 6) is 0.732. The molecule has 0 aliphatic rings. The number of ether oxygens (including phenoxy) is 1. The second kappa shape index (κ2) is 6.16. The Morgan fingerprint density at radius 2 is 2.06 bits per heavy atom. The minimum atomic E-state index is -0.840. The number of nitrogens with zero attached hydrogens (tertiary/aromatic N) is 1. The topological polar surface area (TPSA) is 54.4 Å². The summed E-state index contributed by atoms with van der Waals surface area (Å²) in [6, 6.07) is 4.22. The fraction of sp³-hybridized carbons (Fsp3) is 0.643. The lowest BCUT2D eigenvalue weighted by molar-refractivity contribution is 0.0279. The first-order chi connectivity index (χ1) is 8.28. The Kier molecular flexibility index (Phi) is 5.11. The van der Waals surface area contributed by atoms with Gasteiger partial charge in [-0.2, -0.15) is 0 Å². The Bertz CT molecular complexity index is 384. The van der Waals surface area contributed by atoms with E-state index in [0.29, 0.717) is 12.6 Å². The Labute approximate surface area is 109 Å². The monoisotopic (exact) mass is 252 g/mol. The van der Waals surface area contributed by atoms with Gasteiger partial charge in [-0.25, -0.2) is 0 Å². The van der Waals surface area contributed by atoms with Gasteiger partial charge in [-0.3, -0.25) is 4.98 Å². The van der Waals surface area contributed by atoms with Crippen molar-refractivity contribution >= 4 is 0 Å². The van der Waals surface area contributed by atoms with Gasteiger partial charge in [0.1, 0.15) is 12.4 Å². The van der Waals surface area contributed by atoms with Crippen molar-refractivity contribution in [1.29, 1.82) is 0 Å². The molecule has 0 radical (unpaired) electrons. The largest absolute Gasteiger partial charge is 0.489 e. The fourth-order valence-corrected chi connectivity index (χ4v) is 1.41. The Morgan fingerprint density at radius 1 is 1.39 bits per heavy atom. The number of aliphatic hydroxyl groups is 1. The molecule has 0 aliphatic heterocycles. The van der Waals surface area contributed by atoms with E-state index in [-0.39, 0.29) is 6.61 Å². The van der Waals surface area contributed by atoms with Crippen molar-refractivity contribution in [3.8, 4) is 5.75 Å². The van der Waals surface area contributed by atoms with E-state index in [2.05, 4.69) is 24.1 Å². The molecular formula is C14H24N2O2. The number of pyridine rings is 1. The quantitative estimate of drug-likeness (QED) is 0.813. The third-order valence-electron chi connectivity index (χ3n) is 2.33. The fourth-order valence-electron chi connectivity index (χ4n) is 1.41. The van der Waals surface area contributed by atoms with Gasteiger partial charge >= 0.3 is 0 Å². The molecule has 1 aromatic heterocycles. The predicted molar refractivity (Wildman–Crippen MR) is 72.7 cm³/mol. The van der Waals surface area contributed by atoms with Crippen LogP contribution in [0.2, 0.25) is 0 Å². The molecular weight excluding hydrogens is 228 g/mol. The molecule has 4 heteroatoms. The summed E-state index contributed by atoms with van der Waals surface area (Å²) in [6.07, 6.45) is 0. The van der Waals surface area contributed by atoms with E-state index in [1.54, 1.807) is 13.8 Å². The standard InChI is InChI=1S/C14H24N2O2/c1-10(2)15-8-12-13(7-6-11(3)16-12)18-9-14(4,5)17/h6-7,10,15,17H,8-9H2,1-5H3. The average molecular weight is 252 g/mol. The lowest BCUT2D eigenvalue weighted by atomic mass is 10.2. The zero-order valence-electron chi connectivity index (χ0n) is 11.9. The second-order valence-electron chi connectivity index (χ2n) is 5.53. The lowest BCUT2D eigenvalue weighted by Crippen LogP contribution is -2.29. The molecule has 1 rings (SSSR count). The van der Waals surface area contributed by atoms with Crippen molar-refractivity contribution in [2.75, 3.05) is 6.61 Å². The molecule has 0 saturated carbocycles. The van der Waals surface area contributed by atoms with Crippen molar-refractivity contribution < 1.29 is 9.84 Å². The number of hydrogen-bond acceptors (Lipinski definition) is 4. The molecule has 4 nitrogen and oxygen atoms in total. The summed E-state index contributed by atoms with van der Waals surface area (Å²) in [5.41, 5.74) is 1.01. The highest BCUT2D eigenvalue weighted by Gasteiger charge is 2.15. The number of nitrogens with one attached hydrogen (secondary N) is 1. The van der Waals surface area contributed by atoms with Crippen molar-refractivity contribution in [3.63, 3.8) is 0 Å². The number of hydrogen-bond donors (Lipinski definition) is 2. The molecule has 18 heavy (non-hydrogen) atoms. The summed E-state index contributed by atoms with van der Waals surface area (Å²) in [6.45, 7) is 10.5. The molecule has 0 fully saturated rings. The zero-order valence-corrected chi connectivity index (χ0v) is 11.9. The molecule has 0 bridgehead atoms. The van der Waals surface area contributed by atoms with Crippen LogP contribution in [0.1, 0.15) is 39.1 Å². The van der Waals surface area contributed by atoms with E-state index in [9.17, 15) is 5.11 Å². The molecule has 1 aromatic rings. The summed E-state index contributed by atoms with van der Waals surface area (Å²) in [7, 11) is 0. The maximum atomic E-state index is 9.68. The number of rotatable bonds is 6. The van der Waals surface area contributed by atoms with E-state index >= 15 is 0 Å². The predicted octanol–water partition coefficient (Wildman–Crippen LogP) is 2.04. The molecule has 1 heterocycles. The highest BCUT2D eigenvalue weighted by Crippen LogP contribution is 2.18. The summed E-state index contributed by atoms with van der Waals surface area (Å²) in [5, 5.41) is 13.0. The van der Waals surface area contributed by atoms with Gasteiger partial charge in [-0.15, -0.1) is 0 Å². The van der Waals surface area contributed by atoms with Gasteiger partial charge in [-0.05, 0) is 32.9 Å². The first-order valence-electron chi connectivity index (χ1n) is 6.33. The van der Waals surface area contributed by atoms with Crippen LogP contribution in [0, 0.1) is 6.92 Å². The van der Waals surface area contributed by atoms with E-state index in [4.69, 9.17) is 4.74 Å². The van der Waals surface area contributed by atoms with Gasteiger partial charge < -0.3 is 15.2 Å².